The Hall–Kier alpha value is -2.61. The van der Waals surface area contributed by atoms with Crippen molar-refractivity contribution in [2.24, 2.45) is 0 Å². The van der Waals surface area contributed by atoms with E-state index in [-0.39, 0.29) is 21.3 Å². The molecule has 0 spiro atoms. The van der Waals surface area contributed by atoms with Crippen LogP contribution in [0.1, 0.15) is 5.56 Å². The molecule has 6 nitrogen and oxygen atoms in total. The van der Waals surface area contributed by atoms with Crippen molar-refractivity contribution >= 4 is 15.8 Å². The molecule has 8 heteroatoms. The third kappa shape index (κ3) is 2.61. The lowest BCUT2D eigenvalue weighted by Gasteiger charge is -2.09. The first-order chi connectivity index (χ1) is 10.8. The van der Waals surface area contributed by atoms with Crippen LogP contribution in [0.5, 0.6) is 11.5 Å². The number of halogens is 1. The molecule has 3 rings (SSSR count). The molecule has 1 aliphatic rings. The Morgan fingerprint density at radius 3 is 2.43 bits per heavy atom. The molecule has 23 heavy (non-hydrogen) atoms. The van der Waals surface area contributed by atoms with Gasteiger partial charge in [-0.1, -0.05) is 6.07 Å². The Morgan fingerprint density at radius 1 is 1.17 bits per heavy atom. The minimum absolute atomic E-state index is 0.0120. The number of sulfone groups is 1. The SMILES string of the molecule is Cc1cc2c(cc1S(=O)(=O)c1cccc(F)c1)OC(C(=O)O)O2. The molecule has 1 heterocycles. The first kappa shape index (κ1) is 15.3. The van der Waals surface area contributed by atoms with Crippen LogP contribution < -0.4 is 9.47 Å². The molecule has 0 amide bonds. The van der Waals surface area contributed by atoms with E-state index in [1.807, 2.05) is 0 Å². The number of fused-ring (bicyclic) bond motifs is 1. The van der Waals surface area contributed by atoms with Gasteiger partial charge in [0.1, 0.15) is 5.82 Å². The lowest BCUT2D eigenvalue weighted by molar-refractivity contribution is -0.154. The summed E-state index contributed by atoms with van der Waals surface area (Å²) in [5, 5.41) is 8.88. The summed E-state index contributed by atoms with van der Waals surface area (Å²) in [6.45, 7) is 1.53. The molecule has 1 N–H and O–H groups in total. The third-order valence-electron chi connectivity index (χ3n) is 3.31. The maximum Gasteiger partial charge on any atom is 0.387 e. The zero-order valence-corrected chi connectivity index (χ0v) is 12.6. The molecule has 1 unspecified atom stereocenters. The van der Waals surface area contributed by atoms with Crippen LogP contribution in [-0.2, 0) is 14.6 Å². The molecule has 0 bridgehead atoms. The van der Waals surface area contributed by atoms with Gasteiger partial charge in [-0.15, -0.1) is 0 Å². The van der Waals surface area contributed by atoms with Crippen molar-refractivity contribution in [1.29, 1.82) is 0 Å². The quantitative estimate of drug-likeness (QED) is 0.922. The van der Waals surface area contributed by atoms with Gasteiger partial charge >= 0.3 is 12.3 Å². The van der Waals surface area contributed by atoms with Gasteiger partial charge in [-0.2, -0.15) is 0 Å². The van der Waals surface area contributed by atoms with E-state index in [2.05, 4.69) is 0 Å². The minimum Gasteiger partial charge on any atom is -0.476 e. The van der Waals surface area contributed by atoms with Crippen molar-refractivity contribution in [1.82, 2.24) is 0 Å². The van der Waals surface area contributed by atoms with Crippen molar-refractivity contribution in [3.63, 3.8) is 0 Å². The summed E-state index contributed by atoms with van der Waals surface area (Å²) >= 11 is 0. The number of benzene rings is 2. The Bertz CT molecular complexity index is 906. The highest BCUT2D eigenvalue weighted by Crippen LogP contribution is 2.39. The lowest BCUT2D eigenvalue weighted by atomic mass is 10.2. The minimum atomic E-state index is -3.97. The monoisotopic (exact) mass is 338 g/mol. The first-order valence-corrected chi connectivity index (χ1v) is 7.99. The molecule has 0 saturated carbocycles. The first-order valence-electron chi connectivity index (χ1n) is 6.50. The summed E-state index contributed by atoms with van der Waals surface area (Å²) in [6.07, 6.45) is -1.52. The van der Waals surface area contributed by atoms with Crippen LogP contribution in [0, 0.1) is 12.7 Å². The van der Waals surface area contributed by atoms with E-state index < -0.39 is 27.9 Å². The number of hydrogen-bond acceptors (Lipinski definition) is 5. The second-order valence-corrected chi connectivity index (χ2v) is 6.85. The van der Waals surface area contributed by atoms with Gasteiger partial charge in [-0.05, 0) is 36.8 Å². The lowest BCUT2D eigenvalue weighted by Crippen LogP contribution is -2.28. The standard InChI is InChI=1S/C15H11FO6S/c1-8-5-11-12(22-15(21-11)14(17)18)7-13(8)23(19,20)10-4-2-3-9(16)6-10/h2-7,15H,1H3,(H,17,18). The topological polar surface area (TPSA) is 89.9 Å². The molecule has 1 atom stereocenters. The molecule has 2 aromatic carbocycles. The fraction of sp³-hybridized carbons (Fsp3) is 0.133. The van der Waals surface area contributed by atoms with Crippen LogP contribution in [-0.4, -0.2) is 25.8 Å². The van der Waals surface area contributed by atoms with E-state index in [4.69, 9.17) is 14.6 Å². The molecule has 0 saturated heterocycles. The van der Waals surface area contributed by atoms with Gasteiger partial charge in [0.05, 0.1) is 9.79 Å². The molecular formula is C15H11FO6S. The van der Waals surface area contributed by atoms with E-state index in [0.29, 0.717) is 5.56 Å². The van der Waals surface area contributed by atoms with Crippen LogP contribution in [0.2, 0.25) is 0 Å². The van der Waals surface area contributed by atoms with Crippen LogP contribution in [0.3, 0.4) is 0 Å². The summed E-state index contributed by atoms with van der Waals surface area (Å²) < 4.78 is 48.7. The number of carboxylic acids is 1. The fourth-order valence-electron chi connectivity index (χ4n) is 2.23. The Labute approximate surface area is 131 Å². The van der Waals surface area contributed by atoms with Gasteiger partial charge in [0.2, 0.25) is 9.84 Å². The Balaban J connectivity index is 2.09. The number of carbonyl (C=O) groups is 1. The van der Waals surface area contributed by atoms with Gasteiger partial charge in [0.25, 0.3) is 0 Å². The molecule has 120 valence electrons. The summed E-state index contributed by atoms with van der Waals surface area (Å²) in [4.78, 5) is 10.6. The van der Waals surface area contributed by atoms with Crippen molar-refractivity contribution in [3.05, 3.63) is 47.8 Å². The van der Waals surface area contributed by atoms with Crippen molar-refractivity contribution in [2.45, 2.75) is 23.0 Å². The van der Waals surface area contributed by atoms with Crippen LogP contribution in [0.4, 0.5) is 4.39 Å². The number of ether oxygens (including phenoxy) is 2. The normalized spacial score (nSPS) is 16.3. The number of aliphatic carboxylic acids is 1. The molecule has 0 aromatic heterocycles. The maximum absolute atomic E-state index is 13.3. The number of rotatable bonds is 3. The van der Waals surface area contributed by atoms with Crippen LogP contribution in [0.25, 0.3) is 0 Å². The zero-order chi connectivity index (χ0) is 16.8. The summed E-state index contributed by atoms with van der Waals surface area (Å²) in [6, 6.07) is 7.20. The second-order valence-electron chi connectivity index (χ2n) is 4.93. The zero-order valence-electron chi connectivity index (χ0n) is 11.8. The van der Waals surface area contributed by atoms with E-state index in [0.717, 1.165) is 12.1 Å². The number of aryl methyl sites for hydroxylation is 1. The predicted octanol–water partition coefficient (Wildman–Crippen LogP) is 2.15. The summed E-state index contributed by atoms with van der Waals surface area (Å²) in [5.74, 6) is -1.84. The van der Waals surface area contributed by atoms with Gasteiger partial charge in [0, 0.05) is 6.07 Å². The number of hydrogen-bond donors (Lipinski definition) is 1. The molecule has 0 fully saturated rings. The number of carboxylic acid groups (broad SMARTS) is 1. The fourth-order valence-corrected chi connectivity index (χ4v) is 3.76. The Kier molecular flexibility index (Phi) is 3.48. The average Bonchev–Trinajstić information content (AvgIpc) is 2.89. The molecule has 0 radical (unpaired) electrons. The van der Waals surface area contributed by atoms with Crippen molar-refractivity contribution in [3.8, 4) is 11.5 Å². The highest BCUT2D eigenvalue weighted by atomic mass is 32.2. The van der Waals surface area contributed by atoms with Crippen LogP contribution in [0.15, 0.2) is 46.2 Å². The van der Waals surface area contributed by atoms with E-state index in [9.17, 15) is 17.6 Å². The summed E-state index contributed by atoms with van der Waals surface area (Å²) in [5.41, 5.74) is 0.336. The van der Waals surface area contributed by atoms with Crippen molar-refractivity contribution in [2.75, 3.05) is 0 Å². The average molecular weight is 338 g/mol. The van der Waals surface area contributed by atoms with Gasteiger partial charge in [-0.3, -0.25) is 0 Å². The molecular weight excluding hydrogens is 327 g/mol. The smallest absolute Gasteiger partial charge is 0.387 e. The third-order valence-corrected chi connectivity index (χ3v) is 5.20. The molecule has 2 aromatic rings. The predicted molar refractivity (Wildman–Crippen MR) is 75.7 cm³/mol. The summed E-state index contributed by atoms with van der Waals surface area (Å²) in [7, 11) is -3.97. The highest BCUT2D eigenvalue weighted by molar-refractivity contribution is 7.91. The van der Waals surface area contributed by atoms with Gasteiger partial charge < -0.3 is 14.6 Å². The second kappa shape index (κ2) is 5.24. The van der Waals surface area contributed by atoms with Crippen LogP contribution >= 0.6 is 0 Å². The maximum atomic E-state index is 13.3. The Morgan fingerprint density at radius 2 is 1.83 bits per heavy atom. The largest absolute Gasteiger partial charge is 0.476 e. The molecule has 1 aliphatic heterocycles. The van der Waals surface area contributed by atoms with E-state index in [1.54, 1.807) is 0 Å². The van der Waals surface area contributed by atoms with E-state index >= 15 is 0 Å². The van der Waals surface area contributed by atoms with Gasteiger partial charge in [0.15, 0.2) is 11.5 Å². The molecule has 0 aliphatic carbocycles. The van der Waals surface area contributed by atoms with E-state index in [1.165, 1.54) is 31.2 Å². The highest BCUT2D eigenvalue weighted by Gasteiger charge is 2.33. The van der Waals surface area contributed by atoms with Gasteiger partial charge in [-0.25, -0.2) is 17.6 Å². The van der Waals surface area contributed by atoms with Crippen molar-refractivity contribution < 1.29 is 32.2 Å².